The summed E-state index contributed by atoms with van der Waals surface area (Å²) in [6.07, 6.45) is -1.69. The molecule has 0 bridgehead atoms. The Morgan fingerprint density at radius 2 is 1.60 bits per heavy atom. The Balaban J connectivity index is 2.30. The van der Waals surface area contributed by atoms with E-state index in [2.05, 4.69) is 0 Å². The number of hydrogen-bond acceptors (Lipinski definition) is 1. The van der Waals surface area contributed by atoms with Crippen molar-refractivity contribution in [3.05, 3.63) is 70.3 Å². The molecule has 1 N–H and O–H groups in total. The molecule has 0 saturated heterocycles. The zero-order valence-electron chi connectivity index (χ0n) is 10.6. The zero-order valence-corrected chi connectivity index (χ0v) is 10.6. The summed E-state index contributed by atoms with van der Waals surface area (Å²) in [4.78, 5) is 0. The molecule has 0 fully saturated rings. The fourth-order valence-electron chi connectivity index (χ4n) is 1.98. The van der Waals surface area contributed by atoms with Gasteiger partial charge in [0.1, 0.15) is 11.6 Å². The van der Waals surface area contributed by atoms with Gasteiger partial charge in [-0.1, -0.05) is 12.1 Å². The van der Waals surface area contributed by atoms with Crippen LogP contribution in [0, 0.1) is 30.2 Å². The quantitative estimate of drug-likeness (QED) is 0.849. The van der Waals surface area contributed by atoms with E-state index in [1.165, 1.54) is 19.1 Å². The second-order valence-electron chi connectivity index (χ2n) is 4.56. The molecule has 0 aliphatic rings. The highest BCUT2D eigenvalue weighted by atomic mass is 19.2. The number of hydrogen-bond donors (Lipinski definition) is 1. The first kappa shape index (κ1) is 14.5. The maximum Gasteiger partial charge on any atom is 0.159 e. The number of halogens is 4. The maximum atomic E-state index is 13.8. The Bertz CT molecular complexity index is 640. The van der Waals surface area contributed by atoms with E-state index in [9.17, 15) is 22.7 Å². The molecular weight excluding hydrogens is 272 g/mol. The molecule has 0 heterocycles. The molecule has 0 spiro atoms. The molecule has 20 heavy (non-hydrogen) atoms. The van der Waals surface area contributed by atoms with Crippen LogP contribution in [0.4, 0.5) is 17.6 Å². The third kappa shape index (κ3) is 2.82. The first-order valence-corrected chi connectivity index (χ1v) is 5.96. The summed E-state index contributed by atoms with van der Waals surface area (Å²) in [6.45, 7) is 1.45. The molecule has 0 radical (unpaired) electrons. The molecule has 0 amide bonds. The van der Waals surface area contributed by atoms with Crippen LogP contribution >= 0.6 is 0 Å². The van der Waals surface area contributed by atoms with Crippen molar-refractivity contribution in [1.82, 2.24) is 0 Å². The van der Waals surface area contributed by atoms with Crippen molar-refractivity contribution in [2.75, 3.05) is 0 Å². The van der Waals surface area contributed by atoms with E-state index in [-0.39, 0.29) is 17.5 Å². The Labute approximate surface area is 113 Å². The fraction of sp³-hybridized carbons (Fsp3) is 0.200. The Hall–Kier alpha value is -1.88. The highest BCUT2D eigenvalue weighted by Crippen LogP contribution is 2.26. The number of aliphatic hydroxyl groups excluding tert-OH is 1. The van der Waals surface area contributed by atoms with Gasteiger partial charge in [-0.15, -0.1) is 0 Å². The molecule has 2 aromatic rings. The smallest absolute Gasteiger partial charge is 0.159 e. The van der Waals surface area contributed by atoms with Crippen molar-refractivity contribution in [1.29, 1.82) is 0 Å². The standard InChI is InChI=1S/C15H12F4O/c1-8-2-4-11(17)14(15(8)19)13(20)7-9-3-5-10(16)12(18)6-9/h2-6,13,20H,7H2,1H3. The number of benzene rings is 2. The van der Waals surface area contributed by atoms with Gasteiger partial charge in [-0.2, -0.15) is 0 Å². The van der Waals surface area contributed by atoms with E-state index in [1.807, 2.05) is 0 Å². The Morgan fingerprint density at radius 1 is 0.950 bits per heavy atom. The number of rotatable bonds is 3. The van der Waals surface area contributed by atoms with E-state index in [0.29, 0.717) is 0 Å². The topological polar surface area (TPSA) is 20.2 Å². The summed E-state index contributed by atoms with van der Waals surface area (Å²) in [5.74, 6) is -3.79. The largest absolute Gasteiger partial charge is 0.388 e. The maximum absolute atomic E-state index is 13.8. The molecule has 1 nitrogen and oxygen atoms in total. The van der Waals surface area contributed by atoms with Crippen molar-refractivity contribution < 1.29 is 22.7 Å². The predicted octanol–water partition coefficient (Wildman–Crippen LogP) is 3.83. The van der Waals surface area contributed by atoms with E-state index in [4.69, 9.17) is 0 Å². The van der Waals surface area contributed by atoms with Crippen LogP contribution in [0.5, 0.6) is 0 Å². The monoisotopic (exact) mass is 284 g/mol. The molecule has 0 aliphatic carbocycles. The van der Waals surface area contributed by atoms with Crippen molar-refractivity contribution in [2.24, 2.45) is 0 Å². The van der Waals surface area contributed by atoms with Gasteiger partial charge in [0.15, 0.2) is 11.6 Å². The first-order valence-electron chi connectivity index (χ1n) is 5.96. The van der Waals surface area contributed by atoms with Crippen LogP contribution < -0.4 is 0 Å². The molecule has 0 aromatic heterocycles. The molecule has 106 valence electrons. The third-order valence-electron chi connectivity index (χ3n) is 3.07. The van der Waals surface area contributed by atoms with E-state index in [1.54, 1.807) is 0 Å². The molecular formula is C15H12F4O. The Morgan fingerprint density at radius 3 is 2.25 bits per heavy atom. The molecule has 1 unspecified atom stereocenters. The van der Waals surface area contributed by atoms with Crippen LogP contribution in [0.2, 0.25) is 0 Å². The highest BCUT2D eigenvalue weighted by molar-refractivity contribution is 5.30. The third-order valence-corrected chi connectivity index (χ3v) is 3.07. The van der Waals surface area contributed by atoms with Crippen LogP contribution in [-0.2, 0) is 6.42 Å². The molecule has 5 heteroatoms. The van der Waals surface area contributed by atoms with Crippen LogP contribution in [0.15, 0.2) is 30.3 Å². The van der Waals surface area contributed by atoms with Crippen LogP contribution in [0.3, 0.4) is 0 Å². The lowest BCUT2D eigenvalue weighted by molar-refractivity contribution is 0.168. The van der Waals surface area contributed by atoms with Gasteiger partial charge in [-0.3, -0.25) is 0 Å². The summed E-state index contributed by atoms with van der Waals surface area (Å²) in [5, 5.41) is 9.92. The minimum Gasteiger partial charge on any atom is -0.388 e. The fourth-order valence-corrected chi connectivity index (χ4v) is 1.98. The summed E-state index contributed by atoms with van der Waals surface area (Å²) in [5.41, 5.74) is -0.0165. The average molecular weight is 284 g/mol. The molecule has 1 atom stereocenters. The summed E-state index contributed by atoms with van der Waals surface area (Å²) in [7, 11) is 0. The van der Waals surface area contributed by atoms with Gasteiger partial charge in [-0.05, 0) is 36.2 Å². The van der Waals surface area contributed by atoms with Gasteiger partial charge in [0.25, 0.3) is 0 Å². The van der Waals surface area contributed by atoms with Gasteiger partial charge in [0.2, 0.25) is 0 Å². The minimum absolute atomic E-state index is 0.200. The lowest BCUT2D eigenvalue weighted by Gasteiger charge is -2.14. The molecule has 2 aromatic carbocycles. The van der Waals surface area contributed by atoms with Gasteiger partial charge < -0.3 is 5.11 Å². The molecule has 0 saturated carbocycles. The number of aryl methyl sites for hydroxylation is 1. The van der Waals surface area contributed by atoms with E-state index < -0.39 is 34.9 Å². The van der Waals surface area contributed by atoms with Crippen molar-refractivity contribution in [3.63, 3.8) is 0 Å². The summed E-state index contributed by atoms with van der Waals surface area (Å²) < 4.78 is 53.3. The van der Waals surface area contributed by atoms with Crippen LogP contribution in [0.1, 0.15) is 22.8 Å². The second kappa shape index (κ2) is 5.63. The molecule has 2 rings (SSSR count). The average Bonchev–Trinajstić information content (AvgIpc) is 2.39. The molecule has 0 aliphatic heterocycles. The zero-order chi connectivity index (χ0) is 14.9. The Kier molecular flexibility index (Phi) is 4.09. The van der Waals surface area contributed by atoms with Gasteiger partial charge in [-0.25, -0.2) is 17.6 Å². The minimum atomic E-state index is -1.47. The van der Waals surface area contributed by atoms with Crippen LogP contribution in [0.25, 0.3) is 0 Å². The van der Waals surface area contributed by atoms with Crippen molar-refractivity contribution >= 4 is 0 Å². The number of aliphatic hydroxyl groups is 1. The highest BCUT2D eigenvalue weighted by Gasteiger charge is 2.20. The van der Waals surface area contributed by atoms with Crippen LogP contribution in [-0.4, -0.2) is 5.11 Å². The van der Waals surface area contributed by atoms with E-state index >= 15 is 0 Å². The van der Waals surface area contributed by atoms with E-state index in [0.717, 1.165) is 18.2 Å². The van der Waals surface area contributed by atoms with Gasteiger partial charge in [0.05, 0.1) is 11.7 Å². The lowest BCUT2D eigenvalue weighted by Crippen LogP contribution is -2.09. The van der Waals surface area contributed by atoms with Gasteiger partial charge >= 0.3 is 0 Å². The SMILES string of the molecule is Cc1ccc(F)c(C(O)Cc2ccc(F)c(F)c2)c1F. The normalized spacial score (nSPS) is 12.5. The predicted molar refractivity (Wildman–Crippen MR) is 66.1 cm³/mol. The lowest BCUT2D eigenvalue weighted by atomic mass is 9.98. The second-order valence-corrected chi connectivity index (χ2v) is 4.56. The van der Waals surface area contributed by atoms with Gasteiger partial charge in [0, 0.05) is 6.42 Å². The first-order chi connectivity index (χ1) is 9.40. The van der Waals surface area contributed by atoms with Crippen molar-refractivity contribution in [3.8, 4) is 0 Å². The summed E-state index contributed by atoms with van der Waals surface area (Å²) >= 11 is 0. The van der Waals surface area contributed by atoms with Crippen molar-refractivity contribution in [2.45, 2.75) is 19.4 Å². The summed E-state index contributed by atoms with van der Waals surface area (Å²) in [6, 6.07) is 5.37.